The number of nitrogens with two attached hydrogens (primary N) is 1. The quantitative estimate of drug-likeness (QED) is 0.803. The van der Waals surface area contributed by atoms with Crippen LogP contribution in [0.1, 0.15) is 24.5 Å². The molecule has 0 aromatic heterocycles. The van der Waals surface area contributed by atoms with Crippen molar-refractivity contribution < 1.29 is 18.3 Å². The lowest BCUT2D eigenvalue weighted by molar-refractivity contribution is -0.205. The number of benzene rings is 1. The van der Waals surface area contributed by atoms with Gasteiger partial charge in [0.25, 0.3) is 0 Å². The molecule has 5 heteroatoms. The third kappa shape index (κ3) is 3.93. The van der Waals surface area contributed by atoms with Crippen molar-refractivity contribution in [1.82, 2.24) is 0 Å². The molecule has 0 bridgehead atoms. The molecule has 96 valence electrons. The summed E-state index contributed by atoms with van der Waals surface area (Å²) in [5, 5.41) is 8.90. The van der Waals surface area contributed by atoms with Crippen molar-refractivity contribution in [3.05, 3.63) is 29.3 Å². The van der Waals surface area contributed by atoms with Crippen LogP contribution in [-0.2, 0) is 12.8 Å². The third-order valence-electron chi connectivity index (χ3n) is 2.68. The molecule has 17 heavy (non-hydrogen) atoms. The Kier molecular flexibility index (Phi) is 4.40. The van der Waals surface area contributed by atoms with Gasteiger partial charge in [0, 0.05) is 5.69 Å². The van der Waals surface area contributed by atoms with Gasteiger partial charge in [-0.3, -0.25) is 0 Å². The van der Waals surface area contributed by atoms with Crippen LogP contribution in [0.25, 0.3) is 0 Å². The first kappa shape index (κ1) is 13.8. The van der Waals surface area contributed by atoms with E-state index in [2.05, 4.69) is 0 Å². The summed E-state index contributed by atoms with van der Waals surface area (Å²) in [6, 6.07) is 5.32. The number of nitrogen functional groups attached to an aromatic ring is 1. The predicted octanol–water partition coefficient (Wildman–Crippen LogP) is 2.69. The van der Waals surface area contributed by atoms with Gasteiger partial charge in [0.15, 0.2) is 0 Å². The maximum Gasteiger partial charge on any atom is 0.414 e. The largest absolute Gasteiger partial charge is 0.414 e. The molecular weight excluding hydrogens is 231 g/mol. The predicted molar refractivity (Wildman–Crippen MR) is 60.6 cm³/mol. The first-order chi connectivity index (χ1) is 7.84. The molecule has 0 heterocycles. The van der Waals surface area contributed by atoms with Crippen LogP contribution in [0.15, 0.2) is 18.2 Å². The first-order valence-electron chi connectivity index (χ1n) is 5.46. The van der Waals surface area contributed by atoms with E-state index >= 15 is 0 Å². The van der Waals surface area contributed by atoms with E-state index < -0.39 is 12.3 Å². The Morgan fingerprint density at radius 1 is 1.35 bits per heavy atom. The van der Waals surface area contributed by atoms with E-state index in [4.69, 9.17) is 10.8 Å². The molecule has 1 atom stereocenters. The zero-order chi connectivity index (χ0) is 13.1. The zero-order valence-electron chi connectivity index (χ0n) is 9.59. The second-order valence-corrected chi connectivity index (χ2v) is 3.98. The fourth-order valence-electron chi connectivity index (χ4n) is 1.55. The molecule has 0 radical (unpaired) electrons. The number of rotatable bonds is 4. The fourth-order valence-corrected chi connectivity index (χ4v) is 1.55. The van der Waals surface area contributed by atoms with E-state index in [9.17, 15) is 13.2 Å². The Morgan fingerprint density at radius 3 is 2.53 bits per heavy atom. The highest BCUT2D eigenvalue weighted by molar-refractivity contribution is 5.48. The molecule has 1 rings (SSSR count). The van der Waals surface area contributed by atoms with Gasteiger partial charge in [-0.25, -0.2) is 0 Å². The highest BCUT2D eigenvalue weighted by Crippen LogP contribution is 2.25. The van der Waals surface area contributed by atoms with Crippen molar-refractivity contribution in [2.75, 3.05) is 5.73 Å². The van der Waals surface area contributed by atoms with Crippen molar-refractivity contribution in [2.24, 2.45) is 0 Å². The van der Waals surface area contributed by atoms with E-state index in [1.165, 1.54) is 0 Å². The standard InChI is InChI=1S/C12H16F3NO/c1-2-8-3-5-10(16)9(7-8)4-6-11(17)12(13,14)15/h3,5,7,11,17H,2,4,6,16H2,1H3. The molecule has 1 aromatic carbocycles. The second kappa shape index (κ2) is 5.40. The number of aryl methyl sites for hydroxylation is 2. The van der Waals surface area contributed by atoms with Crippen LogP contribution in [0.2, 0.25) is 0 Å². The monoisotopic (exact) mass is 247 g/mol. The van der Waals surface area contributed by atoms with Gasteiger partial charge in [0.05, 0.1) is 0 Å². The summed E-state index contributed by atoms with van der Waals surface area (Å²) >= 11 is 0. The molecule has 0 saturated carbocycles. The van der Waals surface area contributed by atoms with Crippen LogP contribution < -0.4 is 5.73 Å². The first-order valence-corrected chi connectivity index (χ1v) is 5.46. The lowest BCUT2D eigenvalue weighted by Crippen LogP contribution is -2.28. The molecule has 2 nitrogen and oxygen atoms in total. The average Bonchev–Trinajstić information content (AvgIpc) is 2.26. The SMILES string of the molecule is CCc1ccc(N)c(CCC(O)C(F)(F)F)c1. The highest BCUT2D eigenvalue weighted by Gasteiger charge is 2.37. The Morgan fingerprint density at radius 2 is 2.00 bits per heavy atom. The molecule has 0 amide bonds. The van der Waals surface area contributed by atoms with Gasteiger partial charge >= 0.3 is 6.18 Å². The van der Waals surface area contributed by atoms with Crippen LogP contribution >= 0.6 is 0 Å². The summed E-state index contributed by atoms with van der Waals surface area (Å²) in [5.74, 6) is 0. The van der Waals surface area contributed by atoms with Crippen LogP contribution in [0.4, 0.5) is 18.9 Å². The molecule has 0 fully saturated rings. The fraction of sp³-hybridized carbons (Fsp3) is 0.500. The van der Waals surface area contributed by atoms with E-state index in [1.54, 1.807) is 12.1 Å². The Labute approximate surface area is 98.3 Å². The van der Waals surface area contributed by atoms with Gasteiger partial charge in [-0.1, -0.05) is 19.1 Å². The van der Waals surface area contributed by atoms with E-state index in [0.717, 1.165) is 12.0 Å². The molecular formula is C12H16F3NO. The van der Waals surface area contributed by atoms with Gasteiger partial charge in [-0.15, -0.1) is 0 Å². The number of aliphatic hydroxyl groups is 1. The molecule has 0 aliphatic heterocycles. The summed E-state index contributed by atoms with van der Waals surface area (Å²) < 4.78 is 36.3. The summed E-state index contributed by atoms with van der Waals surface area (Å²) in [7, 11) is 0. The summed E-state index contributed by atoms with van der Waals surface area (Å²) in [6.45, 7) is 1.96. The lowest BCUT2D eigenvalue weighted by atomic mass is 10.0. The van der Waals surface area contributed by atoms with Crippen LogP contribution in [0.5, 0.6) is 0 Å². The van der Waals surface area contributed by atoms with E-state index in [1.807, 2.05) is 13.0 Å². The summed E-state index contributed by atoms with van der Waals surface area (Å²) in [4.78, 5) is 0. The number of hydrogen-bond donors (Lipinski definition) is 2. The number of alkyl halides is 3. The van der Waals surface area contributed by atoms with E-state index in [0.29, 0.717) is 11.3 Å². The maximum atomic E-state index is 12.1. The van der Waals surface area contributed by atoms with Crippen molar-refractivity contribution in [3.8, 4) is 0 Å². The van der Waals surface area contributed by atoms with Crippen molar-refractivity contribution in [1.29, 1.82) is 0 Å². The van der Waals surface area contributed by atoms with Gasteiger partial charge in [-0.2, -0.15) is 13.2 Å². The molecule has 1 aromatic rings. The van der Waals surface area contributed by atoms with Crippen molar-refractivity contribution in [2.45, 2.75) is 38.5 Å². The Bertz CT molecular complexity index is 377. The maximum absolute atomic E-state index is 12.1. The number of anilines is 1. The second-order valence-electron chi connectivity index (χ2n) is 3.98. The average molecular weight is 247 g/mol. The molecule has 0 spiro atoms. The van der Waals surface area contributed by atoms with Crippen molar-refractivity contribution >= 4 is 5.69 Å². The summed E-state index contributed by atoms with van der Waals surface area (Å²) in [5.41, 5.74) is 7.83. The van der Waals surface area contributed by atoms with E-state index in [-0.39, 0.29) is 12.8 Å². The molecule has 0 aliphatic rings. The van der Waals surface area contributed by atoms with Gasteiger partial charge in [0.1, 0.15) is 6.10 Å². The third-order valence-corrected chi connectivity index (χ3v) is 2.68. The normalized spacial score (nSPS) is 13.7. The minimum absolute atomic E-state index is 0.125. The van der Waals surface area contributed by atoms with Crippen molar-refractivity contribution in [3.63, 3.8) is 0 Å². The summed E-state index contributed by atoms with van der Waals surface area (Å²) in [6.07, 6.45) is -6.28. The molecule has 0 saturated heterocycles. The Hall–Kier alpha value is -1.23. The van der Waals surface area contributed by atoms with Crippen LogP contribution in [0.3, 0.4) is 0 Å². The number of aliphatic hydroxyl groups excluding tert-OH is 1. The lowest BCUT2D eigenvalue weighted by Gasteiger charge is -2.15. The zero-order valence-corrected chi connectivity index (χ0v) is 9.59. The minimum atomic E-state index is -4.56. The number of hydrogen-bond acceptors (Lipinski definition) is 2. The van der Waals surface area contributed by atoms with Gasteiger partial charge in [-0.05, 0) is 36.5 Å². The molecule has 3 N–H and O–H groups in total. The topological polar surface area (TPSA) is 46.2 Å². The minimum Gasteiger partial charge on any atom is -0.399 e. The van der Waals surface area contributed by atoms with Crippen LogP contribution in [-0.4, -0.2) is 17.4 Å². The van der Waals surface area contributed by atoms with Gasteiger partial charge < -0.3 is 10.8 Å². The van der Waals surface area contributed by atoms with Crippen LogP contribution in [0, 0.1) is 0 Å². The number of halogens is 3. The Balaban J connectivity index is 2.69. The molecule has 1 unspecified atom stereocenters. The molecule has 0 aliphatic carbocycles. The highest BCUT2D eigenvalue weighted by atomic mass is 19.4. The van der Waals surface area contributed by atoms with Gasteiger partial charge in [0.2, 0.25) is 0 Å². The smallest absolute Gasteiger partial charge is 0.399 e.